The Morgan fingerprint density at radius 3 is 2.92 bits per heavy atom. The van der Waals surface area contributed by atoms with E-state index in [-0.39, 0.29) is 17.8 Å². The Morgan fingerprint density at radius 2 is 2.25 bits per heavy atom. The lowest BCUT2D eigenvalue weighted by Crippen LogP contribution is -2.19. The highest BCUT2D eigenvalue weighted by molar-refractivity contribution is 8.15. The van der Waals surface area contributed by atoms with Crippen LogP contribution in [0.4, 0.5) is 0 Å². The second-order valence-electron chi connectivity index (χ2n) is 5.32. The molecule has 3 rings (SSSR count). The lowest BCUT2D eigenvalue weighted by atomic mass is 10.2. The summed E-state index contributed by atoms with van der Waals surface area (Å²) in [6.45, 7) is 2.32. The van der Waals surface area contributed by atoms with Crippen molar-refractivity contribution in [1.29, 1.82) is 0 Å². The number of rotatable bonds is 6. The summed E-state index contributed by atoms with van der Waals surface area (Å²) in [5, 5.41) is 11.0. The van der Waals surface area contributed by atoms with Gasteiger partial charge in [0.1, 0.15) is 0 Å². The zero-order valence-electron chi connectivity index (χ0n) is 13.2. The van der Waals surface area contributed by atoms with Gasteiger partial charge in [0.2, 0.25) is 5.91 Å². The van der Waals surface area contributed by atoms with E-state index in [4.69, 9.17) is 9.47 Å². The first kappa shape index (κ1) is 16.5. The second kappa shape index (κ2) is 7.48. The third kappa shape index (κ3) is 4.35. The van der Waals surface area contributed by atoms with Crippen LogP contribution in [0.1, 0.15) is 25.3 Å². The number of hydrogen-bond acceptors (Lipinski definition) is 7. The van der Waals surface area contributed by atoms with Crippen molar-refractivity contribution >= 4 is 35.0 Å². The van der Waals surface area contributed by atoms with Gasteiger partial charge in [-0.25, -0.2) is 0 Å². The fourth-order valence-electron chi connectivity index (χ4n) is 2.00. The topological polar surface area (TPSA) is 89.3 Å². The molecule has 1 aromatic carbocycles. The van der Waals surface area contributed by atoms with Gasteiger partial charge in [0.25, 0.3) is 0 Å². The van der Waals surface area contributed by atoms with Crippen molar-refractivity contribution in [3.05, 3.63) is 23.8 Å². The van der Waals surface area contributed by atoms with E-state index in [1.165, 1.54) is 11.8 Å². The van der Waals surface area contributed by atoms with Crippen LogP contribution in [0, 0.1) is 5.92 Å². The Balaban J connectivity index is 1.70. The van der Waals surface area contributed by atoms with Crippen molar-refractivity contribution in [2.75, 3.05) is 12.4 Å². The minimum atomic E-state index is -0.210. The third-order valence-electron chi connectivity index (χ3n) is 3.33. The molecule has 1 aliphatic heterocycles. The summed E-state index contributed by atoms with van der Waals surface area (Å²) in [5.74, 6) is 1.01. The molecule has 7 nitrogen and oxygen atoms in total. The maximum Gasteiger partial charge on any atom is 0.314 e. The average molecular weight is 347 g/mol. The summed E-state index contributed by atoms with van der Waals surface area (Å²) in [5.41, 5.74) is 0.753. The molecule has 0 aromatic heterocycles. The molecule has 8 heteroatoms. The van der Waals surface area contributed by atoms with Crippen molar-refractivity contribution in [2.45, 2.75) is 19.8 Å². The van der Waals surface area contributed by atoms with Gasteiger partial charge in [-0.05, 0) is 43.5 Å². The molecule has 0 unspecified atom stereocenters. The summed E-state index contributed by atoms with van der Waals surface area (Å²) in [7, 11) is 0. The van der Waals surface area contributed by atoms with Gasteiger partial charge >= 0.3 is 5.97 Å². The van der Waals surface area contributed by atoms with E-state index >= 15 is 0 Å². The first-order valence-corrected chi connectivity index (χ1v) is 8.66. The molecule has 1 amide bonds. The van der Waals surface area contributed by atoms with E-state index in [1.54, 1.807) is 24.4 Å². The van der Waals surface area contributed by atoms with Gasteiger partial charge in [-0.15, -0.1) is 5.10 Å². The molecule has 2 fully saturated rings. The van der Waals surface area contributed by atoms with Crippen molar-refractivity contribution < 1.29 is 19.1 Å². The highest BCUT2D eigenvalue weighted by Gasteiger charge is 2.32. The van der Waals surface area contributed by atoms with Gasteiger partial charge in [0.15, 0.2) is 16.7 Å². The molecule has 2 aliphatic rings. The molecule has 0 bridgehead atoms. The third-order valence-corrected chi connectivity index (χ3v) is 4.19. The van der Waals surface area contributed by atoms with E-state index < -0.39 is 0 Å². The number of carbonyl (C=O) groups is 2. The molecular weight excluding hydrogens is 330 g/mol. The Bertz CT molecular complexity index is 713. The maximum absolute atomic E-state index is 11.8. The standard InChI is InChI=1S/C16H17N3O4S/c1-2-22-13-7-10(8-17-19-16-18-14(20)9-24-16)3-6-12(13)23-15(21)11-4-5-11/h3,6-8,11H,2,4-5,9H2,1H3,(H,18,19,20). The second-order valence-corrected chi connectivity index (χ2v) is 6.29. The van der Waals surface area contributed by atoms with Gasteiger partial charge < -0.3 is 14.8 Å². The monoisotopic (exact) mass is 347 g/mol. The Kier molecular flexibility index (Phi) is 5.14. The van der Waals surface area contributed by atoms with Crippen LogP contribution in [-0.2, 0) is 9.59 Å². The van der Waals surface area contributed by atoms with Gasteiger partial charge in [-0.1, -0.05) is 11.8 Å². The Hall–Kier alpha value is -2.35. The Morgan fingerprint density at radius 1 is 1.42 bits per heavy atom. The van der Waals surface area contributed by atoms with Crippen LogP contribution < -0.4 is 14.8 Å². The summed E-state index contributed by atoms with van der Waals surface area (Å²) in [6, 6.07) is 5.19. The van der Waals surface area contributed by atoms with Crippen molar-refractivity contribution in [2.24, 2.45) is 16.1 Å². The van der Waals surface area contributed by atoms with E-state index in [9.17, 15) is 9.59 Å². The molecule has 126 valence electrons. The number of ether oxygens (including phenoxy) is 2. The predicted octanol–water partition coefficient (Wildman–Crippen LogP) is 1.95. The molecule has 0 atom stereocenters. The Labute approximate surface area is 143 Å². The number of carbonyl (C=O) groups excluding carboxylic acids is 2. The number of esters is 1. The highest BCUT2D eigenvalue weighted by Crippen LogP contribution is 2.34. The molecule has 1 heterocycles. The maximum atomic E-state index is 11.8. The highest BCUT2D eigenvalue weighted by atomic mass is 32.2. The number of amides is 1. The minimum absolute atomic E-state index is 0.0238. The largest absolute Gasteiger partial charge is 0.490 e. The fourth-order valence-corrected chi connectivity index (χ4v) is 2.63. The van der Waals surface area contributed by atoms with Crippen LogP contribution in [0.3, 0.4) is 0 Å². The van der Waals surface area contributed by atoms with Gasteiger partial charge in [-0.2, -0.15) is 5.10 Å². The summed E-state index contributed by atoms with van der Waals surface area (Å²) < 4.78 is 10.9. The molecular formula is C16H17N3O4S. The number of nitrogens with one attached hydrogen (secondary N) is 1. The van der Waals surface area contributed by atoms with Gasteiger partial charge in [0.05, 0.1) is 24.5 Å². The van der Waals surface area contributed by atoms with Crippen LogP contribution in [0.15, 0.2) is 28.4 Å². The van der Waals surface area contributed by atoms with Crippen molar-refractivity contribution in [3.63, 3.8) is 0 Å². The minimum Gasteiger partial charge on any atom is -0.490 e. The summed E-state index contributed by atoms with van der Waals surface area (Å²) in [6.07, 6.45) is 3.33. The van der Waals surface area contributed by atoms with E-state index in [0.717, 1.165) is 18.4 Å². The smallest absolute Gasteiger partial charge is 0.314 e. The van der Waals surface area contributed by atoms with Crippen LogP contribution >= 0.6 is 11.8 Å². The SMILES string of the molecule is CCOc1cc(C=NN=C2NC(=O)CS2)ccc1OC(=O)C1CC1. The van der Waals surface area contributed by atoms with E-state index in [0.29, 0.717) is 29.0 Å². The quantitative estimate of drug-likeness (QED) is 0.368. The molecule has 0 radical (unpaired) electrons. The van der Waals surface area contributed by atoms with E-state index in [2.05, 4.69) is 15.5 Å². The molecule has 1 saturated heterocycles. The zero-order valence-corrected chi connectivity index (χ0v) is 14.0. The molecule has 1 saturated carbocycles. The molecule has 1 N–H and O–H groups in total. The van der Waals surface area contributed by atoms with Crippen molar-refractivity contribution in [1.82, 2.24) is 5.32 Å². The molecule has 24 heavy (non-hydrogen) atoms. The van der Waals surface area contributed by atoms with Gasteiger partial charge in [0, 0.05) is 0 Å². The van der Waals surface area contributed by atoms with Crippen LogP contribution in [0.25, 0.3) is 0 Å². The average Bonchev–Trinajstić information content (AvgIpc) is 3.33. The summed E-state index contributed by atoms with van der Waals surface area (Å²) in [4.78, 5) is 22.9. The normalized spacial score (nSPS) is 18.9. The van der Waals surface area contributed by atoms with Crippen LogP contribution in [0.2, 0.25) is 0 Å². The van der Waals surface area contributed by atoms with Crippen LogP contribution in [0.5, 0.6) is 11.5 Å². The van der Waals surface area contributed by atoms with Crippen LogP contribution in [-0.4, -0.2) is 35.6 Å². The van der Waals surface area contributed by atoms with E-state index in [1.807, 2.05) is 6.92 Å². The molecule has 1 aliphatic carbocycles. The lowest BCUT2D eigenvalue weighted by molar-refractivity contribution is -0.135. The first-order chi connectivity index (χ1) is 11.7. The fraction of sp³-hybridized carbons (Fsp3) is 0.375. The predicted molar refractivity (Wildman–Crippen MR) is 91.6 cm³/mol. The molecule has 1 aromatic rings. The molecule has 0 spiro atoms. The van der Waals surface area contributed by atoms with Crippen molar-refractivity contribution in [3.8, 4) is 11.5 Å². The number of thioether (sulfide) groups is 1. The summed E-state index contributed by atoms with van der Waals surface area (Å²) >= 11 is 1.31. The number of benzene rings is 1. The zero-order chi connectivity index (χ0) is 16.9. The number of nitrogens with zero attached hydrogens (tertiary/aromatic N) is 2. The number of hydrogen-bond donors (Lipinski definition) is 1. The lowest BCUT2D eigenvalue weighted by Gasteiger charge is -2.10. The first-order valence-electron chi connectivity index (χ1n) is 7.68. The van der Waals surface area contributed by atoms with Gasteiger partial charge in [-0.3, -0.25) is 9.59 Å². The number of amidine groups is 1.